The molecule has 0 heteroatoms. The Balaban J connectivity index is 0.000000137. The lowest BCUT2D eigenvalue weighted by Gasteiger charge is -2.24. The Kier molecular flexibility index (Phi) is 15.0. The summed E-state index contributed by atoms with van der Waals surface area (Å²) in [5, 5.41) is 25.9. The van der Waals surface area contributed by atoms with E-state index < -0.39 is 0 Å². The third kappa shape index (κ3) is 10.3. The van der Waals surface area contributed by atoms with Gasteiger partial charge in [-0.3, -0.25) is 0 Å². The summed E-state index contributed by atoms with van der Waals surface area (Å²) in [7, 11) is 0. The van der Waals surface area contributed by atoms with E-state index in [4.69, 9.17) is 0 Å². The molecule has 24 rings (SSSR count). The molecular weight excluding hydrogens is 1390 g/mol. The van der Waals surface area contributed by atoms with Crippen molar-refractivity contribution in [3.63, 3.8) is 0 Å². The molecule has 0 saturated heterocycles. The summed E-state index contributed by atoms with van der Waals surface area (Å²) in [5.74, 6) is 0. The lowest BCUT2D eigenvalue weighted by Crippen LogP contribution is -2.15. The van der Waals surface area contributed by atoms with Gasteiger partial charge in [0.15, 0.2) is 0 Å². The molecule has 0 fully saturated rings. The SMILES string of the molecule is CC1(C)c2ccccc2-c2ccc(-c3c4ccccc4c(-c4ccc5c(c4)C(C)(C)c4ccccc4-5)c4cc(-c5ccc6ccc7cccc8ccc5c6c78)ccc34)cc21.Cc1ccc(-c2ccc(-c3c4ccccc4c(-c4ccc(-c5ccc(C)cc5)cc4)c4cc(-c5ccc6ccc7cccc8ccc5c6c78)ccc34)cc2)cc1. The second kappa shape index (κ2) is 25.7. The van der Waals surface area contributed by atoms with Gasteiger partial charge >= 0.3 is 0 Å². The van der Waals surface area contributed by atoms with Crippen molar-refractivity contribution in [2.45, 2.75) is 52.4 Å². The first-order valence-electron chi connectivity index (χ1n) is 41.0. The highest BCUT2D eigenvalue weighted by Crippen LogP contribution is 2.56. The fourth-order valence-corrected chi connectivity index (χ4v) is 20.8. The van der Waals surface area contributed by atoms with Crippen molar-refractivity contribution >= 4 is 108 Å². The molecule has 0 N–H and O–H groups in total. The van der Waals surface area contributed by atoms with Crippen LogP contribution in [0.15, 0.2) is 376 Å². The Hall–Kier alpha value is -14.0. The molecule has 0 aromatic heterocycles. The molecule has 0 bridgehead atoms. The molecule has 0 unspecified atom stereocenters. The Morgan fingerprint density at radius 1 is 0.155 bits per heavy atom. The van der Waals surface area contributed by atoms with Crippen LogP contribution < -0.4 is 0 Å². The van der Waals surface area contributed by atoms with Gasteiger partial charge in [0.05, 0.1) is 0 Å². The third-order valence-electron chi connectivity index (χ3n) is 26.6. The van der Waals surface area contributed by atoms with Gasteiger partial charge in [0.2, 0.25) is 0 Å². The van der Waals surface area contributed by atoms with E-state index in [2.05, 4.69) is 418 Å². The number of benzene rings is 22. The Morgan fingerprint density at radius 3 is 0.810 bits per heavy atom. The minimum absolute atomic E-state index is 0.0928. The molecule has 0 saturated carbocycles. The fraction of sp³-hybridized carbons (Fsp3) is 0.0690. The van der Waals surface area contributed by atoms with Gasteiger partial charge in [-0.25, -0.2) is 0 Å². The largest absolute Gasteiger partial charge is 0.0619 e. The van der Waals surface area contributed by atoms with Gasteiger partial charge < -0.3 is 0 Å². The van der Waals surface area contributed by atoms with Crippen LogP contribution in [0.25, 0.3) is 219 Å². The highest BCUT2D eigenvalue weighted by atomic mass is 14.4. The molecule has 0 heterocycles. The van der Waals surface area contributed by atoms with E-state index >= 15 is 0 Å². The van der Waals surface area contributed by atoms with E-state index in [1.807, 2.05) is 0 Å². The van der Waals surface area contributed by atoms with Crippen molar-refractivity contribution in [1.82, 2.24) is 0 Å². The summed E-state index contributed by atoms with van der Waals surface area (Å²) in [6.07, 6.45) is 0. The summed E-state index contributed by atoms with van der Waals surface area (Å²) in [5.41, 5.74) is 33.4. The zero-order valence-electron chi connectivity index (χ0n) is 65.8. The maximum Gasteiger partial charge on any atom is 0.0159 e. The van der Waals surface area contributed by atoms with Crippen molar-refractivity contribution in [3.8, 4) is 111 Å². The van der Waals surface area contributed by atoms with Crippen molar-refractivity contribution in [1.29, 1.82) is 0 Å². The van der Waals surface area contributed by atoms with Crippen LogP contribution in [0, 0.1) is 13.8 Å². The number of fused-ring (bicyclic) bond motifs is 10. The van der Waals surface area contributed by atoms with E-state index in [9.17, 15) is 0 Å². The molecule has 22 aromatic carbocycles. The van der Waals surface area contributed by atoms with Crippen molar-refractivity contribution in [2.24, 2.45) is 0 Å². The van der Waals surface area contributed by atoms with E-state index in [0.29, 0.717) is 0 Å². The quantitative estimate of drug-likeness (QED) is 0.105. The minimum Gasteiger partial charge on any atom is -0.0619 e. The molecule has 0 aliphatic heterocycles. The topological polar surface area (TPSA) is 0 Å². The molecule has 544 valence electrons. The lowest BCUT2D eigenvalue weighted by molar-refractivity contribution is 0.660. The lowest BCUT2D eigenvalue weighted by atomic mass is 9.79. The van der Waals surface area contributed by atoms with Gasteiger partial charge in [-0.05, 0) is 279 Å². The van der Waals surface area contributed by atoms with Crippen LogP contribution >= 0.6 is 0 Å². The first-order valence-corrected chi connectivity index (χ1v) is 41.0. The first kappa shape index (κ1) is 67.6. The summed E-state index contributed by atoms with van der Waals surface area (Å²) in [6.45, 7) is 13.8. The highest BCUT2D eigenvalue weighted by Gasteiger charge is 2.38. The predicted octanol–water partition coefficient (Wildman–Crippen LogP) is 32.3. The molecule has 0 nitrogen and oxygen atoms in total. The number of aryl methyl sites for hydroxylation is 2. The second-order valence-corrected chi connectivity index (χ2v) is 33.8. The summed E-state index contributed by atoms with van der Waals surface area (Å²) in [4.78, 5) is 0. The monoisotopic (exact) mass is 1470 g/mol. The highest BCUT2D eigenvalue weighted by molar-refractivity contribution is 6.29. The number of rotatable bonds is 8. The van der Waals surface area contributed by atoms with Crippen LogP contribution in [0.4, 0.5) is 0 Å². The van der Waals surface area contributed by atoms with Crippen LogP contribution in [0.2, 0.25) is 0 Å². The molecule has 2 aliphatic rings. The third-order valence-corrected chi connectivity index (χ3v) is 26.6. The molecule has 116 heavy (non-hydrogen) atoms. The van der Waals surface area contributed by atoms with Gasteiger partial charge in [0.1, 0.15) is 0 Å². The van der Waals surface area contributed by atoms with Crippen LogP contribution in [0.1, 0.15) is 61.1 Å². The molecule has 22 aromatic rings. The standard InChI is InChI=1S/C60H42.C56H38/c1-59(2)51-18-9-7-14-42(51)44-28-25-39(33-53(44)59)56-46-16-5-6-17-47(46)57(40-26-29-45-43-15-8-10-19-52(43)60(3,4)54(45)34-40)50-32-38(24-31-49(50)56)41-27-22-37-21-20-35-12-11-13-36-23-30-48(41)58(37)55(35)36;1-35-10-14-37(15-11-35)39-18-22-43(23-19-39)54-48-8-3-4-9-49(48)55(44-24-20-40(21-25-44)38-16-12-36(2)13-17-38)52-34-46(30-33-51(52)54)47-31-28-45-27-26-41-6-5-7-42-29-32-50(47)56(45)53(41)42/h5-34H,1-4H3;3-34H,1-2H3. The van der Waals surface area contributed by atoms with E-state index in [1.165, 1.54) is 252 Å². The molecular formula is C116H80. The van der Waals surface area contributed by atoms with Gasteiger partial charge in [-0.1, -0.05) is 391 Å². The van der Waals surface area contributed by atoms with E-state index in [0.717, 1.165) is 0 Å². The van der Waals surface area contributed by atoms with Gasteiger partial charge in [-0.2, -0.15) is 0 Å². The van der Waals surface area contributed by atoms with Crippen LogP contribution in [-0.4, -0.2) is 0 Å². The van der Waals surface area contributed by atoms with Crippen molar-refractivity contribution in [2.75, 3.05) is 0 Å². The van der Waals surface area contributed by atoms with Crippen molar-refractivity contribution in [3.05, 3.63) is 409 Å². The maximum atomic E-state index is 2.51. The molecule has 0 spiro atoms. The summed E-state index contributed by atoms with van der Waals surface area (Å²) in [6, 6.07) is 142. The fourth-order valence-electron chi connectivity index (χ4n) is 20.8. The summed E-state index contributed by atoms with van der Waals surface area (Å²) < 4.78 is 0. The zero-order chi connectivity index (χ0) is 77.4. The molecule has 0 radical (unpaired) electrons. The number of hydrogen-bond acceptors (Lipinski definition) is 0. The zero-order valence-corrected chi connectivity index (χ0v) is 65.8. The van der Waals surface area contributed by atoms with Gasteiger partial charge in [0, 0.05) is 10.8 Å². The molecule has 2 aliphatic carbocycles. The van der Waals surface area contributed by atoms with Gasteiger partial charge in [-0.15, -0.1) is 0 Å². The normalized spacial score (nSPS) is 13.2. The second-order valence-electron chi connectivity index (χ2n) is 33.8. The van der Waals surface area contributed by atoms with Crippen LogP contribution in [0.5, 0.6) is 0 Å². The minimum atomic E-state index is -0.102. The smallest absolute Gasteiger partial charge is 0.0159 e. The van der Waals surface area contributed by atoms with Crippen LogP contribution in [-0.2, 0) is 10.8 Å². The van der Waals surface area contributed by atoms with E-state index in [1.54, 1.807) is 0 Å². The predicted molar refractivity (Wildman–Crippen MR) is 498 cm³/mol. The van der Waals surface area contributed by atoms with Crippen LogP contribution in [0.3, 0.4) is 0 Å². The Bertz CT molecular complexity index is 7810. The Labute approximate surface area is 676 Å². The maximum absolute atomic E-state index is 2.51. The van der Waals surface area contributed by atoms with E-state index in [-0.39, 0.29) is 10.8 Å². The van der Waals surface area contributed by atoms with Crippen molar-refractivity contribution < 1.29 is 0 Å². The average molecular weight is 1470 g/mol. The first-order chi connectivity index (χ1) is 56.8. The summed E-state index contributed by atoms with van der Waals surface area (Å²) >= 11 is 0. The Morgan fingerprint density at radius 2 is 0.414 bits per heavy atom. The number of hydrogen-bond donors (Lipinski definition) is 0. The molecule has 0 amide bonds. The molecule has 0 atom stereocenters. The van der Waals surface area contributed by atoms with Gasteiger partial charge in [0.25, 0.3) is 0 Å². The average Bonchev–Trinajstić information content (AvgIpc) is 1.37.